The van der Waals surface area contributed by atoms with Crippen molar-refractivity contribution in [2.75, 3.05) is 23.5 Å². The molecule has 8 nitrogen and oxygen atoms in total. The van der Waals surface area contributed by atoms with Crippen molar-refractivity contribution in [3.63, 3.8) is 0 Å². The van der Waals surface area contributed by atoms with Crippen LogP contribution in [0.25, 0.3) is 0 Å². The molecule has 1 amide bonds. The van der Waals surface area contributed by atoms with Gasteiger partial charge in [0.25, 0.3) is 0 Å². The first-order chi connectivity index (χ1) is 16.2. The van der Waals surface area contributed by atoms with E-state index in [2.05, 4.69) is 31.1 Å². The molecule has 4 rings (SSSR count). The normalized spacial score (nSPS) is 10.8. The smallest absolute Gasteiger partial charge is 0.234 e. The summed E-state index contributed by atoms with van der Waals surface area (Å²) in [6.45, 7) is 0. The van der Waals surface area contributed by atoms with Gasteiger partial charge in [0, 0.05) is 11.4 Å². The topological polar surface area (TPSA) is 101 Å². The van der Waals surface area contributed by atoms with Crippen molar-refractivity contribution in [2.45, 2.75) is 4.34 Å². The molecule has 10 heteroatoms. The molecular formula is C23H20N6O2S2. The fourth-order valence-corrected chi connectivity index (χ4v) is 4.23. The van der Waals surface area contributed by atoms with Crippen molar-refractivity contribution < 1.29 is 9.53 Å². The zero-order valence-electron chi connectivity index (χ0n) is 17.6. The van der Waals surface area contributed by atoms with Crippen molar-refractivity contribution in [2.24, 2.45) is 10.2 Å². The molecule has 0 fully saturated rings. The van der Waals surface area contributed by atoms with E-state index in [1.807, 2.05) is 54.6 Å². The highest BCUT2D eigenvalue weighted by atomic mass is 32.2. The number of carbonyl (C=O) groups excluding carboxylic acids is 1. The van der Waals surface area contributed by atoms with Crippen LogP contribution in [0.5, 0.6) is 5.75 Å². The number of ether oxygens (including phenoxy) is 1. The number of aromatic nitrogens is 2. The Morgan fingerprint density at radius 2 is 1.58 bits per heavy atom. The van der Waals surface area contributed by atoms with Gasteiger partial charge >= 0.3 is 0 Å². The lowest BCUT2D eigenvalue weighted by molar-refractivity contribution is -0.113. The summed E-state index contributed by atoms with van der Waals surface area (Å²) in [5, 5.41) is 23.3. The molecule has 1 heterocycles. The summed E-state index contributed by atoms with van der Waals surface area (Å²) in [7, 11) is 1.63. The summed E-state index contributed by atoms with van der Waals surface area (Å²) in [4.78, 5) is 12.3. The van der Waals surface area contributed by atoms with Crippen molar-refractivity contribution in [1.29, 1.82) is 0 Å². The molecule has 4 aromatic rings. The molecule has 0 spiro atoms. The highest BCUT2D eigenvalue weighted by Crippen LogP contribution is 2.28. The Kier molecular flexibility index (Phi) is 7.62. The van der Waals surface area contributed by atoms with E-state index in [0.29, 0.717) is 20.8 Å². The standard InChI is InChI=1S/C23H20N6O2S2/c1-31-20-13-11-17(12-14-20)25-22-28-29-23(33-22)32-15-21(30)24-16-7-9-19(10-8-16)27-26-18-5-3-2-4-6-18/h2-14H,15H2,1H3,(H,24,30)(H,25,28). The quantitative estimate of drug-likeness (QED) is 0.213. The van der Waals surface area contributed by atoms with Gasteiger partial charge in [-0.3, -0.25) is 4.79 Å². The van der Waals surface area contributed by atoms with Crippen LogP contribution < -0.4 is 15.4 Å². The minimum atomic E-state index is -0.126. The largest absolute Gasteiger partial charge is 0.497 e. The van der Waals surface area contributed by atoms with E-state index in [4.69, 9.17) is 4.74 Å². The molecule has 0 saturated carbocycles. The van der Waals surface area contributed by atoms with E-state index in [9.17, 15) is 4.79 Å². The highest BCUT2D eigenvalue weighted by Gasteiger charge is 2.09. The SMILES string of the molecule is COc1ccc(Nc2nnc(SCC(=O)Nc3ccc(N=Nc4ccccc4)cc3)s2)cc1. The maximum Gasteiger partial charge on any atom is 0.234 e. The van der Waals surface area contributed by atoms with Crippen LogP contribution in [0.15, 0.2) is 93.4 Å². The lowest BCUT2D eigenvalue weighted by Crippen LogP contribution is -2.13. The first-order valence-electron chi connectivity index (χ1n) is 9.92. The molecule has 0 atom stereocenters. The van der Waals surface area contributed by atoms with E-state index in [1.165, 1.54) is 23.1 Å². The first-order valence-corrected chi connectivity index (χ1v) is 11.7. The molecule has 1 aromatic heterocycles. The number of benzene rings is 3. The summed E-state index contributed by atoms with van der Waals surface area (Å²) < 4.78 is 5.86. The molecule has 0 saturated heterocycles. The predicted molar refractivity (Wildman–Crippen MR) is 133 cm³/mol. The second-order valence-corrected chi connectivity index (χ2v) is 8.85. The number of amides is 1. The minimum Gasteiger partial charge on any atom is -0.497 e. The van der Waals surface area contributed by atoms with Crippen molar-refractivity contribution >= 4 is 56.9 Å². The van der Waals surface area contributed by atoms with E-state index in [0.717, 1.165) is 17.1 Å². The molecule has 0 unspecified atom stereocenters. The van der Waals surface area contributed by atoms with Gasteiger partial charge < -0.3 is 15.4 Å². The molecule has 0 aliphatic heterocycles. The molecule has 33 heavy (non-hydrogen) atoms. The van der Waals surface area contributed by atoms with Gasteiger partial charge in [0.2, 0.25) is 11.0 Å². The summed E-state index contributed by atoms with van der Waals surface area (Å²) in [5.74, 6) is 0.886. The third-order valence-electron chi connectivity index (χ3n) is 4.26. The average Bonchev–Trinajstić information content (AvgIpc) is 3.31. The molecule has 3 aromatic carbocycles. The van der Waals surface area contributed by atoms with Gasteiger partial charge in [0.1, 0.15) is 5.75 Å². The first kappa shape index (κ1) is 22.4. The van der Waals surface area contributed by atoms with Crippen LogP contribution in [0.3, 0.4) is 0 Å². The van der Waals surface area contributed by atoms with E-state index in [-0.39, 0.29) is 11.7 Å². The molecule has 0 aliphatic rings. The van der Waals surface area contributed by atoms with E-state index < -0.39 is 0 Å². The lowest BCUT2D eigenvalue weighted by Gasteiger charge is -2.04. The fourth-order valence-electron chi connectivity index (χ4n) is 2.66. The van der Waals surface area contributed by atoms with Crippen molar-refractivity contribution in [3.05, 3.63) is 78.9 Å². The number of rotatable bonds is 9. The maximum atomic E-state index is 12.3. The molecular weight excluding hydrogens is 456 g/mol. The Morgan fingerprint density at radius 3 is 2.27 bits per heavy atom. The predicted octanol–water partition coefficient (Wildman–Crippen LogP) is 6.44. The number of nitrogens with one attached hydrogen (secondary N) is 2. The van der Waals surface area contributed by atoms with Crippen LogP contribution in [0, 0.1) is 0 Å². The van der Waals surface area contributed by atoms with Gasteiger partial charge in [-0.15, -0.1) is 10.2 Å². The Balaban J connectivity index is 1.24. The van der Waals surface area contributed by atoms with Crippen LogP contribution >= 0.6 is 23.1 Å². The van der Waals surface area contributed by atoms with Gasteiger partial charge in [0.15, 0.2) is 4.34 Å². The minimum absolute atomic E-state index is 0.126. The number of anilines is 3. The number of methoxy groups -OCH3 is 1. The number of hydrogen-bond donors (Lipinski definition) is 2. The summed E-state index contributed by atoms with van der Waals surface area (Å²) >= 11 is 2.72. The van der Waals surface area contributed by atoms with Crippen molar-refractivity contribution in [3.8, 4) is 5.75 Å². The van der Waals surface area contributed by atoms with Crippen LogP contribution in [0.2, 0.25) is 0 Å². The van der Waals surface area contributed by atoms with E-state index in [1.54, 1.807) is 31.4 Å². The third-order valence-corrected chi connectivity index (χ3v) is 6.23. The fraction of sp³-hybridized carbons (Fsp3) is 0.0870. The average molecular weight is 477 g/mol. The number of nitrogens with zero attached hydrogens (tertiary/aromatic N) is 4. The van der Waals surface area contributed by atoms with Crippen LogP contribution in [0.4, 0.5) is 27.9 Å². The second kappa shape index (κ2) is 11.2. The van der Waals surface area contributed by atoms with Gasteiger partial charge in [-0.25, -0.2) is 0 Å². The van der Waals surface area contributed by atoms with Crippen LogP contribution in [0.1, 0.15) is 0 Å². The lowest BCUT2D eigenvalue weighted by atomic mass is 10.3. The summed E-state index contributed by atoms with van der Waals surface area (Å²) in [6.07, 6.45) is 0. The van der Waals surface area contributed by atoms with Gasteiger partial charge in [-0.05, 0) is 60.7 Å². The Hall–Kier alpha value is -3.76. The van der Waals surface area contributed by atoms with Crippen LogP contribution in [-0.2, 0) is 4.79 Å². The van der Waals surface area contributed by atoms with E-state index >= 15 is 0 Å². The van der Waals surface area contributed by atoms with Crippen molar-refractivity contribution in [1.82, 2.24) is 10.2 Å². The number of carbonyl (C=O) groups is 1. The van der Waals surface area contributed by atoms with Gasteiger partial charge in [-0.2, -0.15) is 10.2 Å². The molecule has 0 bridgehead atoms. The maximum absolute atomic E-state index is 12.3. The zero-order chi connectivity index (χ0) is 22.9. The number of thioether (sulfide) groups is 1. The Morgan fingerprint density at radius 1 is 0.909 bits per heavy atom. The summed E-state index contributed by atoms with van der Waals surface area (Å²) in [6, 6.07) is 24.2. The van der Waals surface area contributed by atoms with Gasteiger partial charge in [0.05, 0.1) is 24.2 Å². The molecule has 0 aliphatic carbocycles. The third kappa shape index (κ3) is 6.86. The molecule has 0 radical (unpaired) electrons. The number of azo groups is 1. The zero-order valence-corrected chi connectivity index (χ0v) is 19.3. The van der Waals surface area contributed by atoms with Gasteiger partial charge in [-0.1, -0.05) is 41.3 Å². The monoisotopic (exact) mass is 476 g/mol. The molecule has 2 N–H and O–H groups in total. The highest BCUT2D eigenvalue weighted by molar-refractivity contribution is 8.01. The summed E-state index contributed by atoms with van der Waals surface area (Å²) in [5.41, 5.74) is 3.06. The van der Waals surface area contributed by atoms with Crippen LogP contribution in [-0.4, -0.2) is 29.0 Å². The number of hydrogen-bond acceptors (Lipinski definition) is 9. The second-order valence-electron chi connectivity index (χ2n) is 6.65. The Bertz CT molecular complexity index is 1210. The Labute approximate surface area is 199 Å². The molecule has 166 valence electrons.